The van der Waals surface area contributed by atoms with Gasteiger partial charge in [-0.2, -0.15) is 0 Å². The van der Waals surface area contributed by atoms with Gasteiger partial charge in [0.1, 0.15) is 6.04 Å². The summed E-state index contributed by atoms with van der Waals surface area (Å²) >= 11 is 0. The summed E-state index contributed by atoms with van der Waals surface area (Å²) in [5, 5.41) is 51.1. The second kappa shape index (κ2) is 9.56. The third-order valence-electron chi connectivity index (χ3n) is 7.28. The average molecular weight is 537 g/mol. The largest absolute Gasteiger partial charge is 0.452 e. The molecule has 2 aromatic rings. The molecule has 1 spiro atoms. The standard InChI is InChI=1S/C25H28N8O6/c1-39-23(36)32(20(35)15-10-6-3-7-11-15)12-16-18-24(31-21(26)30-18)25(37,38)17(13-33(24)22(27)28-16)29-19(34)14-8-4-2-5-9-14/h2-11,16-18,37-38H,12-13H2,1H3,(H2,27,28)(H,29,34)(H3,26,30,31)/t16-,17-,18-,24-/m0/s1. The molecule has 3 aliphatic rings. The van der Waals surface area contributed by atoms with E-state index in [-0.39, 0.29) is 30.6 Å². The van der Waals surface area contributed by atoms with Crippen molar-refractivity contribution in [2.24, 2.45) is 0 Å². The first-order chi connectivity index (χ1) is 18.6. The maximum atomic E-state index is 13.2. The minimum atomic E-state index is -2.70. The van der Waals surface area contributed by atoms with Gasteiger partial charge in [0.2, 0.25) is 5.79 Å². The number of nitrogens with zero attached hydrogens (tertiary/aromatic N) is 2. The second-order valence-corrected chi connectivity index (χ2v) is 9.47. The second-order valence-electron chi connectivity index (χ2n) is 9.47. The van der Waals surface area contributed by atoms with Crippen LogP contribution in [0.2, 0.25) is 0 Å². The first-order valence-corrected chi connectivity index (χ1v) is 12.1. The average Bonchev–Trinajstić information content (AvgIpc) is 3.41. The lowest BCUT2D eigenvalue weighted by atomic mass is 9.84. The highest BCUT2D eigenvalue weighted by molar-refractivity contribution is 6.03. The van der Waals surface area contributed by atoms with Crippen LogP contribution >= 0.6 is 0 Å². The fourth-order valence-corrected chi connectivity index (χ4v) is 5.45. The molecule has 3 aliphatic heterocycles. The Labute approximate surface area is 222 Å². The zero-order chi connectivity index (χ0) is 27.9. The molecule has 14 heteroatoms. The molecule has 3 heterocycles. The smallest absolute Gasteiger partial charge is 0.416 e. The fraction of sp³-hybridized carbons (Fsp3) is 0.320. The highest BCUT2D eigenvalue weighted by atomic mass is 16.5. The van der Waals surface area contributed by atoms with Crippen molar-refractivity contribution in [2.75, 3.05) is 20.2 Å². The number of aliphatic hydroxyl groups is 2. The first kappa shape index (κ1) is 25.9. The van der Waals surface area contributed by atoms with Gasteiger partial charge in [-0.1, -0.05) is 36.4 Å². The Balaban J connectivity index is 1.47. The molecule has 0 aromatic heterocycles. The maximum absolute atomic E-state index is 13.2. The van der Waals surface area contributed by atoms with E-state index in [1.54, 1.807) is 48.5 Å². The Morgan fingerprint density at radius 3 is 2.28 bits per heavy atom. The summed E-state index contributed by atoms with van der Waals surface area (Å²) in [6, 6.07) is 13.0. The summed E-state index contributed by atoms with van der Waals surface area (Å²) in [6.45, 7) is -0.533. The number of carbonyl (C=O) groups excluding carboxylic acids is 3. The van der Waals surface area contributed by atoms with Crippen molar-refractivity contribution < 1.29 is 29.3 Å². The zero-order valence-corrected chi connectivity index (χ0v) is 20.8. The minimum absolute atomic E-state index is 0.188. The monoisotopic (exact) mass is 536 g/mol. The van der Waals surface area contributed by atoms with Crippen molar-refractivity contribution >= 4 is 29.8 Å². The third-order valence-corrected chi connectivity index (χ3v) is 7.28. The van der Waals surface area contributed by atoms with Crippen LogP contribution < -0.4 is 21.3 Å². The molecule has 8 N–H and O–H groups in total. The number of benzene rings is 2. The Morgan fingerprint density at radius 1 is 1.05 bits per heavy atom. The summed E-state index contributed by atoms with van der Waals surface area (Å²) in [6.07, 6.45) is -0.951. The molecule has 0 bridgehead atoms. The lowest BCUT2D eigenvalue weighted by Gasteiger charge is -2.51. The number of imide groups is 1. The van der Waals surface area contributed by atoms with Crippen LogP contribution in [0.25, 0.3) is 0 Å². The molecule has 204 valence electrons. The van der Waals surface area contributed by atoms with Crippen LogP contribution in [0, 0.1) is 10.8 Å². The summed E-state index contributed by atoms with van der Waals surface area (Å²) in [4.78, 5) is 40.9. The molecule has 3 fully saturated rings. The molecule has 0 aliphatic carbocycles. The quantitative estimate of drug-likeness (QED) is 0.214. The number of amides is 3. The van der Waals surface area contributed by atoms with Crippen LogP contribution in [-0.4, -0.2) is 99.6 Å². The number of methoxy groups -OCH3 is 1. The molecular formula is C25H28N8O6. The van der Waals surface area contributed by atoms with Crippen molar-refractivity contribution in [3.8, 4) is 0 Å². The third kappa shape index (κ3) is 4.09. The van der Waals surface area contributed by atoms with Crippen molar-refractivity contribution in [2.45, 2.75) is 29.6 Å². The maximum Gasteiger partial charge on any atom is 0.416 e. The van der Waals surface area contributed by atoms with Crippen molar-refractivity contribution in [3.63, 3.8) is 0 Å². The molecule has 4 atom stereocenters. The van der Waals surface area contributed by atoms with Gasteiger partial charge in [-0.15, -0.1) is 0 Å². The molecule has 3 saturated heterocycles. The van der Waals surface area contributed by atoms with Gasteiger partial charge in [-0.3, -0.25) is 20.4 Å². The number of carbonyl (C=O) groups is 3. The lowest BCUT2D eigenvalue weighted by molar-refractivity contribution is -0.232. The van der Waals surface area contributed by atoms with Crippen LogP contribution in [-0.2, 0) is 4.74 Å². The Morgan fingerprint density at radius 2 is 1.67 bits per heavy atom. The number of rotatable bonds is 5. The molecule has 14 nitrogen and oxygen atoms in total. The highest BCUT2D eigenvalue weighted by Crippen LogP contribution is 2.43. The highest BCUT2D eigenvalue weighted by Gasteiger charge is 2.74. The van der Waals surface area contributed by atoms with Gasteiger partial charge in [-0.05, 0) is 24.3 Å². The normalized spacial score (nSPS) is 26.3. The van der Waals surface area contributed by atoms with Gasteiger partial charge < -0.3 is 41.1 Å². The van der Waals surface area contributed by atoms with Crippen molar-refractivity contribution in [1.29, 1.82) is 10.8 Å². The number of nitrogens with one attached hydrogen (secondary N) is 6. The molecule has 2 aromatic carbocycles. The number of hydrogen-bond donors (Lipinski definition) is 8. The van der Waals surface area contributed by atoms with E-state index in [1.807, 2.05) is 0 Å². The van der Waals surface area contributed by atoms with Crippen molar-refractivity contribution in [3.05, 3.63) is 71.8 Å². The van der Waals surface area contributed by atoms with Gasteiger partial charge >= 0.3 is 6.09 Å². The summed E-state index contributed by atoms with van der Waals surface area (Å²) in [7, 11) is 1.13. The molecule has 5 rings (SSSR count). The van der Waals surface area contributed by atoms with Crippen LogP contribution in [0.4, 0.5) is 4.79 Å². The molecule has 0 radical (unpaired) electrons. The van der Waals surface area contributed by atoms with Gasteiger partial charge in [0, 0.05) is 17.7 Å². The number of guanidine groups is 2. The fourth-order valence-electron chi connectivity index (χ4n) is 5.45. The van der Waals surface area contributed by atoms with Gasteiger partial charge in [-0.25, -0.2) is 9.69 Å². The summed E-state index contributed by atoms with van der Waals surface area (Å²) in [5.41, 5.74) is -1.38. The van der Waals surface area contributed by atoms with Crippen LogP contribution in [0.3, 0.4) is 0 Å². The Bertz CT molecular complexity index is 1320. The predicted octanol–water partition coefficient (Wildman–Crippen LogP) is -1.21. The van der Waals surface area contributed by atoms with E-state index in [2.05, 4.69) is 21.3 Å². The van der Waals surface area contributed by atoms with Crippen molar-refractivity contribution in [1.82, 2.24) is 31.1 Å². The molecular weight excluding hydrogens is 508 g/mol. The molecule has 0 saturated carbocycles. The van der Waals surface area contributed by atoms with E-state index in [0.717, 1.165) is 12.0 Å². The predicted molar refractivity (Wildman–Crippen MR) is 137 cm³/mol. The van der Waals surface area contributed by atoms with E-state index in [9.17, 15) is 24.6 Å². The van der Waals surface area contributed by atoms with Crippen LogP contribution in [0.15, 0.2) is 60.7 Å². The SMILES string of the molecule is COC(=O)N(C[C@@H]1NC(=N)N2C[C@H](NC(=O)c3ccccc3)C(O)(O)[C@@]23NC(=N)N[C@@H]13)C(=O)c1ccccc1. The van der Waals surface area contributed by atoms with Gasteiger partial charge in [0.05, 0.1) is 25.7 Å². The van der Waals surface area contributed by atoms with E-state index < -0.39 is 47.5 Å². The number of ether oxygens (including phenoxy) is 1. The summed E-state index contributed by atoms with van der Waals surface area (Å²) < 4.78 is 4.83. The summed E-state index contributed by atoms with van der Waals surface area (Å²) in [5.74, 6) is -4.45. The van der Waals surface area contributed by atoms with Crippen LogP contribution in [0.5, 0.6) is 0 Å². The molecule has 0 unspecified atom stereocenters. The van der Waals surface area contributed by atoms with E-state index in [1.165, 1.54) is 17.0 Å². The number of hydrogen-bond acceptors (Lipinski definition) is 8. The lowest BCUT2D eigenvalue weighted by Crippen LogP contribution is -2.81. The van der Waals surface area contributed by atoms with E-state index in [4.69, 9.17) is 15.6 Å². The van der Waals surface area contributed by atoms with E-state index in [0.29, 0.717) is 5.56 Å². The van der Waals surface area contributed by atoms with Crippen LogP contribution in [0.1, 0.15) is 20.7 Å². The Hall–Kier alpha value is -4.69. The molecule has 39 heavy (non-hydrogen) atoms. The minimum Gasteiger partial charge on any atom is -0.452 e. The van der Waals surface area contributed by atoms with Gasteiger partial charge in [0.25, 0.3) is 11.8 Å². The van der Waals surface area contributed by atoms with E-state index >= 15 is 0 Å². The zero-order valence-electron chi connectivity index (χ0n) is 20.8. The first-order valence-electron chi connectivity index (χ1n) is 12.1. The Kier molecular flexibility index (Phi) is 6.36. The topological polar surface area (TPSA) is 203 Å². The molecule has 3 amide bonds. The van der Waals surface area contributed by atoms with Gasteiger partial charge in [0.15, 0.2) is 17.6 Å².